The van der Waals surface area contributed by atoms with E-state index in [2.05, 4.69) is 71.3 Å². The molecule has 0 amide bonds. The standard InChI is InChI=1S/C13H11IS/c1-15-11-7-8-12(13(14)9-11)10-5-3-2-4-6-10/h2-9H,1H3. The summed E-state index contributed by atoms with van der Waals surface area (Å²) < 4.78 is 1.31. The Morgan fingerprint density at radius 1 is 1.00 bits per heavy atom. The molecule has 2 aromatic carbocycles. The van der Waals surface area contributed by atoms with Gasteiger partial charge in [-0.25, -0.2) is 0 Å². The SMILES string of the molecule is CSc1ccc(-c2ccccc2)c(I)c1. The van der Waals surface area contributed by atoms with Crippen LogP contribution in [-0.4, -0.2) is 6.26 Å². The molecule has 0 bridgehead atoms. The fourth-order valence-corrected chi connectivity index (χ4v) is 2.95. The van der Waals surface area contributed by atoms with Gasteiger partial charge in [0.2, 0.25) is 0 Å². The zero-order chi connectivity index (χ0) is 10.7. The highest BCUT2D eigenvalue weighted by Gasteiger charge is 2.02. The molecule has 0 atom stereocenters. The average Bonchev–Trinajstić information content (AvgIpc) is 2.30. The van der Waals surface area contributed by atoms with Crippen molar-refractivity contribution in [3.63, 3.8) is 0 Å². The third-order valence-corrected chi connectivity index (χ3v) is 3.88. The maximum Gasteiger partial charge on any atom is 0.0219 e. The van der Waals surface area contributed by atoms with E-state index in [1.807, 2.05) is 6.07 Å². The van der Waals surface area contributed by atoms with Crippen molar-refractivity contribution in [3.05, 3.63) is 52.1 Å². The van der Waals surface area contributed by atoms with Gasteiger partial charge < -0.3 is 0 Å². The number of halogens is 1. The molecular weight excluding hydrogens is 315 g/mol. The van der Waals surface area contributed by atoms with Crippen LogP contribution in [0.25, 0.3) is 11.1 Å². The van der Waals surface area contributed by atoms with E-state index in [-0.39, 0.29) is 0 Å². The van der Waals surface area contributed by atoms with Gasteiger partial charge in [-0.3, -0.25) is 0 Å². The molecule has 2 heteroatoms. The van der Waals surface area contributed by atoms with Crippen molar-refractivity contribution >= 4 is 34.4 Å². The van der Waals surface area contributed by atoms with E-state index >= 15 is 0 Å². The second-order valence-corrected chi connectivity index (χ2v) is 5.25. The first kappa shape index (κ1) is 11.0. The van der Waals surface area contributed by atoms with Crippen LogP contribution in [0.3, 0.4) is 0 Å². The van der Waals surface area contributed by atoms with Gasteiger partial charge in [-0.05, 0) is 52.1 Å². The molecule has 2 aromatic rings. The summed E-state index contributed by atoms with van der Waals surface area (Å²) in [5.41, 5.74) is 2.60. The molecule has 76 valence electrons. The minimum Gasteiger partial charge on any atom is -0.130 e. The molecule has 0 fully saturated rings. The van der Waals surface area contributed by atoms with Gasteiger partial charge in [0.05, 0.1) is 0 Å². The molecule has 2 rings (SSSR count). The Bertz CT molecular complexity index is 451. The molecule has 0 aromatic heterocycles. The quantitative estimate of drug-likeness (QED) is 0.570. The topological polar surface area (TPSA) is 0 Å². The van der Waals surface area contributed by atoms with E-state index in [0.717, 1.165) is 0 Å². The minimum atomic E-state index is 1.29. The Morgan fingerprint density at radius 2 is 1.73 bits per heavy atom. The van der Waals surface area contributed by atoms with Gasteiger partial charge in [-0.1, -0.05) is 36.4 Å². The van der Waals surface area contributed by atoms with Crippen molar-refractivity contribution in [2.24, 2.45) is 0 Å². The summed E-state index contributed by atoms with van der Waals surface area (Å²) in [5.74, 6) is 0. The lowest BCUT2D eigenvalue weighted by Crippen LogP contribution is -1.83. The molecule has 0 saturated heterocycles. The van der Waals surface area contributed by atoms with Crippen LogP contribution in [0, 0.1) is 3.57 Å². The van der Waals surface area contributed by atoms with Crippen molar-refractivity contribution in [2.75, 3.05) is 6.26 Å². The van der Waals surface area contributed by atoms with Gasteiger partial charge in [-0.15, -0.1) is 11.8 Å². The maximum atomic E-state index is 2.40. The molecule has 0 aliphatic carbocycles. The smallest absolute Gasteiger partial charge is 0.0219 e. The summed E-state index contributed by atoms with van der Waals surface area (Å²) in [6.45, 7) is 0. The van der Waals surface area contributed by atoms with E-state index in [0.29, 0.717) is 0 Å². The number of rotatable bonds is 2. The number of hydrogen-bond donors (Lipinski definition) is 0. The van der Waals surface area contributed by atoms with Crippen molar-refractivity contribution in [3.8, 4) is 11.1 Å². The normalized spacial score (nSPS) is 10.3. The largest absolute Gasteiger partial charge is 0.130 e. The number of hydrogen-bond acceptors (Lipinski definition) is 1. The third kappa shape index (κ3) is 2.55. The third-order valence-electron chi connectivity index (χ3n) is 2.26. The van der Waals surface area contributed by atoms with Crippen molar-refractivity contribution < 1.29 is 0 Å². The molecule has 0 N–H and O–H groups in total. The number of thioether (sulfide) groups is 1. The van der Waals surface area contributed by atoms with Crippen molar-refractivity contribution in [1.82, 2.24) is 0 Å². The van der Waals surface area contributed by atoms with E-state index in [9.17, 15) is 0 Å². The Morgan fingerprint density at radius 3 is 2.33 bits per heavy atom. The summed E-state index contributed by atoms with van der Waals surface area (Å²) in [4.78, 5) is 1.32. The van der Waals surface area contributed by atoms with Crippen LogP contribution in [0.5, 0.6) is 0 Å². The van der Waals surface area contributed by atoms with Crippen LogP contribution in [0.15, 0.2) is 53.4 Å². The highest BCUT2D eigenvalue weighted by Crippen LogP contribution is 2.28. The molecule has 0 radical (unpaired) electrons. The summed E-state index contributed by atoms with van der Waals surface area (Å²) in [5, 5.41) is 0. The van der Waals surface area contributed by atoms with Crippen LogP contribution in [0.2, 0.25) is 0 Å². The lowest BCUT2D eigenvalue weighted by molar-refractivity contribution is 1.43. The van der Waals surface area contributed by atoms with E-state index in [1.165, 1.54) is 19.6 Å². The van der Waals surface area contributed by atoms with Crippen LogP contribution >= 0.6 is 34.4 Å². The second-order valence-electron chi connectivity index (χ2n) is 3.21. The first-order valence-electron chi connectivity index (χ1n) is 4.70. The van der Waals surface area contributed by atoms with Gasteiger partial charge >= 0.3 is 0 Å². The highest BCUT2D eigenvalue weighted by molar-refractivity contribution is 14.1. The second kappa shape index (κ2) is 5.03. The fraction of sp³-hybridized carbons (Fsp3) is 0.0769. The van der Waals surface area contributed by atoms with Crippen LogP contribution < -0.4 is 0 Å². The van der Waals surface area contributed by atoms with Gasteiger partial charge in [0, 0.05) is 8.47 Å². The fourth-order valence-electron chi connectivity index (χ4n) is 1.47. The van der Waals surface area contributed by atoms with E-state index in [4.69, 9.17) is 0 Å². The Kier molecular flexibility index (Phi) is 3.70. The molecule has 0 spiro atoms. The molecule has 0 aliphatic rings. The molecular formula is C13H11IS. The Labute approximate surface area is 108 Å². The van der Waals surface area contributed by atoms with Gasteiger partial charge in [0.1, 0.15) is 0 Å². The monoisotopic (exact) mass is 326 g/mol. The summed E-state index contributed by atoms with van der Waals surface area (Å²) in [6, 6.07) is 17.1. The molecule has 0 aliphatic heterocycles. The Hall–Kier alpha value is -0.480. The molecule has 15 heavy (non-hydrogen) atoms. The minimum absolute atomic E-state index is 1.29. The van der Waals surface area contributed by atoms with Crippen molar-refractivity contribution in [1.29, 1.82) is 0 Å². The molecule has 0 unspecified atom stereocenters. The lowest BCUT2D eigenvalue weighted by Gasteiger charge is -2.06. The van der Waals surface area contributed by atoms with Crippen LogP contribution in [0.1, 0.15) is 0 Å². The lowest BCUT2D eigenvalue weighted by atomic mass is 10.1. The van der Waals surface area contributed by atoms with Gasteiger partial charge in [-0.2, -0.15) is 0 Å². The highest BCUT2D eigenvalue weighted by atomic mass is 127. The zero-order valence-corrected chi connectivity index (χ0v) is 11.4. The summed E-state index contributed by atoms with van der Waals surface area (Å²) >= 11 is 4.18. The van der Waals surface area contributed by atoms with Crippen LogP contribution in [0.4, 0.5) is 0 Å². The first-order chi connectivity index (χ1) is 7.31. The predicted octanol–water partition coefficient (Wildman–Crippen LogP) is 4.68. The Balaban J connectivity index is 2.46. The molecule has 0 saturated carbocycles. The maximum absolute atomic E-state index is 2.40. The van der Waals surface area contributed by atoms with Gasteiger partial charge in [0.25, 0.3) is 0 Å². The predicted molar refractivity (Wildman–Crippen MR) is 76.4 cm³/mol. The number of benzene rings is 2. The summed E-state index contributed by atoms with van der Waals surface area (Å²) in [6.07, 6.45) is 2.10. The molecule has 0 nitrogen and oxygen atoms in total. The zero-order valence-electron chi connectivity index (χ0n) is 8.41. The average molecular weight is 326 g/mol. The summed E-state index contributed by atoms with van der Waals surface area (Å²) in [7, 11) is 0. The first-order valence-corrected chi connectivity index (χ1v) is 7.00. The van der Waals surface area contributed by atoms with E-state index in [1.54, 1.807) is 11.8 Å². The van der Waals surface area contributed by atoms with Crippen LogP contribution in [-0.2, 0) is 0 Å². The molecule has 0 heterocycles. The van der Waals surface area contributed by atoms with Gasteiger partial charge in [0.15, 0.2) is 0 Å². The van der Waals surface area contributed by atoms with Crippen molar-refractivity contribution in [2.45, 2.75) is 4.90 Å². The van der Waals surface area contributed by atoms with E-state index < -0.39 is 0 Å².